The van der Waals surface area contributed by atoms with Crippen LogP contribution in [-0.2, 0) is 6.61 Å². The van der Waals surface area contributed by atoms with Crippen LogP contribution in [0.5, 0.6) is 5.75 Å². The van der Waals surface area contributed by atoms with Crippen molar-refractivity contribution in [1.29, 1.82) is 0 Å². The van der Waals surface area contributed by atoms with Crippen LogP contribution in [0.25, 0.3) is 0 Å². The molecule has 1 heterocycles. The maximum Gasteiger partial charge on any atom is 0.321 e. The number of piperazine rings is 1. The minimum absolute atomic E-state index is 0.172. The van der Waals surface area contributed by atoms with Gasteiger partial charge in [-0.1, -0.05) is 18.2 Å². The zero-order chi connectivity index (χ0) is 21.6. The van der Waals surface area contributed by atoms with Crippen molar-refractivity contribution in [3.05, 3.63) is 90.0 Å². The number of carbonyl (C=O) groups is 1. The van der Waals surface area contributed by atoms with E-state index in [0.29, 0.717) is 44.2 Å². The topological polar surface area (TPSA) is 44.8 Å². The number of benzene rings is 3. The predicted octanol–water partition coefficient (Wildman–Crippen LogP) is 4.90. The number of halogens is 2. The molecule has 1 aliphatic heterocycles. The zero-order valence-corrected chi connectivity index (χ0v) is 16.9. The molecule has 7 heteroatoms. The van der Waals surface area contributed by atoms with Crippen molar-refractivity contribution in [1.82, 2.24) is 4.90 Å². The second kappa shape index (κ2) is 9.47. The lowest BCUT2D eigenvalue weighted by molar-refractivity contribution is 0.208. The van der Waals surface area contributed by atoms with Crippen LogP contribution in [0.2, 0.25) is 0 Å². The molecule has 0 saturated carbocycles. The Hall–Kier alpha value is -3.61. The van der Waals surface area contributed by atoms with Crippen molar-refractivity contribution >= 4 is 17.4 Å². The molecular formula is C24H23F2N3O2. The molecule has 31 heavy (non-hydrogen) atoms. The number of hydrogen-bond donors (Lipinski definition) is 1. The minimum atomic E-state index is -0.285. The third-order valence-corrected chi connectivity index (χ3v) is 5.16. The molecule has 0 atom stereocenters. The van der Waals surface area contributed by atoms with Crippen molar-refractivity contribution in [3.63, 3.8) is 0 Å². The molecule has 0 spiro atoms. The Morgan fingerprint density at radius 1 is 0.871 bits per heavy atom. The third-order valence-electron chi connectivity index (χ3n) is 5.16. The standard InChI is InChI=1S/C24H23F2N3O2/c25-19-6-4-18(5-7-19)17-31-23-3-1-2-21(16-23)27-24(30)29-14-12-28(13-15-29)22-10-8-20(26)9-11-22/h1-11,16H,12-15,17H2,(H,27,30). The molecule has 0 bridgehead atoms. The van der Waals surface area contributed by atoms with E-state index in [0.717, 1.165) is 11.3 Å². The first-order chi connectivity index (χ1) is 15.1. The van der Waals surface area contributed by atoms with Crippen LogP contribution in [-0.4, -0.2) is 37.1 Å². The molecule has 3 aromatic carbocycles. The van der Waals surface area contributed by atoms with Gasteiger partial charge in [0.2, 0.25) is 0 Å². The van der Waals surface area contributed by atoms with E-state index in [1.807, 2.05) is 6.07 Å². The van der Waals surface area contributed by atoms with Gasteiger partial charge in [0.1, 0.15) is 24.0 Å². The molecule has 0 radical (unpaired) electrons. The maximum atomic E-state index is 13.1. The minimum Gasteiger partial charge on any atom is -0.489 e. The second-order valence-electron chi connectivity index (χ2n) is 7.32. The van der Waals surface area contributed by atoms with Crippen LogP contribution in [0.15, 0.2) is 72.8 Å². The fourth-order valence-electron chi connectivity index (χ4n) is 3.43. The Morgan fingerprint density at radius 3 is 2.19 bits per heavy atom. The average Bonchev–Trinajstić information content (AvgIpc) is 2.80. The third kappa shape index (κ3) is 5.51. The fourth-order valence-corrected chi connectivity index (χ4v) is 3.43. The maximum absolute atomic E-state index is 13.1. The van der Waals surface area contributed by atoms with Gasteiger partial charge in [0.25, 0.3) is 0 Å². The van der Waals surface area contributed by atoms with Gasteiger partial charge >= 0.3 is 6.03 Å². The first kappa shape index (κ1) is 20.7. The van der Waals surface area contributed by atoms with Crippen LogP contribution < -0.4 is 15.0 Å². The quantitative estimate of drug-likeness (QED) is 0.635. The lowest BCUT2D eigenvalue weighted by Gasteiger charge is -2.36. The summed E-state index contributed by atoms with van der Waals surface area (Å²) in [6.07, 6.45) is 0. The summed E-state index contributed by atoms with van der Waals surface area (Å²) in [5, 5.41) is 2.91. The average molecular weight is 423 g/mol. The fraction of sp³-hybridized carbons (Fsp3) is 0.208. The molecule has 0 aliphatic carbocycles. The normalized spacial score (nSPS) is 13.7. The number of nitrogens with one attached hydrogen (secondary N) is 1. The van der Waals surface area contributed by atoms with Gasteiger partial charge in [0.05, 0.1) is 0 Å². The van der Waals surface area contributed by atoms with E-state index in [4.69, 9.17) is 4.74 Å². The molecule has 5 nitrogen and oxygen atoms in total. The summed E-state index contributed by atoms with van der Waals surface area (Å²) in [5.74, 6) is 0.0702. The molecule has 1 N–H and O–H groups in total. The second-order valence-corrected chi connectivity index (χ2v) is 7.32. The lowest BCUT2D eigenvalue weighted by Crippen LogP contribution is -2.50. The van der Waals surface area contributed by atoms with Gasteiger partial charge in [-0.15, -0.1) is 0 Å². The van der Waals surface area contributed by atoms with E-state index in [1.54, 1.807) is 47.4 Å². The highest BCUT2D eigenvalue weighted by molar-refractivity contribution is 5.89. The van der Waals surface area contributed by atoms with Gasteiger partial charge in [-0.2, -0.15) is 0 Å². The Morgan fingerprint density at radius 2 is 1.52 bits per heavy atom. The molecule has 160 valence electrons. The molecule has 0 aromatic heterocycles. The number of carbonyl (C=O) groups excluding carboxylic acids is 1. The number of hydrogen-bond acceptors (Lipinski definition) is 3. The summed E-state index contributed by atoms with van der Waals surface area (Å²) in [6, 6.07) is 19.5. The monoisotopic (exact) mass is 423 g/mol. The lowest BCUT2D eigenvalue weighted by atomic mass is 10.2. The van der Waals surface area contributed by atoms with Gasteiger partial charge in [-0.25, -0.2) is 13.6 Å². The van der Waals surface area contributed by atoms with Crippen LogP contribution in [0.1, 0.15) is 5.56 Å². The summed E-state index contributed by atoms with van der Waals surface area (Å²) < 4.78 is 31.9. The number of anilines is 2. The number of amides is 2. The SMILES string of the molecule is O=C(Nc1cccc(OCc2ccc(F)cc2)c1)N1CCN(c2ccc(F)cc2)CC1. The molecular weight excluding hydrogens is 400 g/mol. The highest BCUT2D eigenvalue weighted by Gasteiger charge is 2.21. The Bertz CT molecular complexity index is 1020. The molecule has 1 aliphatic rings. The van der Waals surface area contributed by atoms with Gasteiger partial charge in [0, 0.05) is 43.6 Å². The van der Waals surface area contributed by atoms with E-state index >= 15 is 0 Å². The number of rotatable bonds is 5. The van der Waals surface area contributed by atoms with E-state index in [9.17, 15) is 13.6 Å². The highest BCUT2D eigenvalue weighted by Crippen LogP contribution is 2.21. The molecule has 2 amide bonds. The van der Waals surface area contributed by atoms with Crippen molar-refractivity contribution in [2.45, 2.75) is 6.61 Å². The number of nitrogens with zero attached hydrogens (tertiary/aromatic N) is 2. The Balaban J connectivity index is 1.29. The first-order valence-corrected chi connectivity index (χ1v) is 10.1. The smallest absolute Gasteiger partial charge is 0.321 e. The van der Waals surface area contributed by atoms with Crippen LogP contribution in [0, 0.1) is 11.6 Å². The van der Waals surface area contributed by atoms with Gasteiger partial charge < -0.3 is 19.9 Å². The first-order valence-electron chi connectivity index (χ1n) is 10.1. The van der Waals surface area contributed by atoms with E-state index in [1.165, 1.54) is 24.3 Å². The molecule has 1 saturated heterocycles. The molecule has 0 unspecified atom stereocenters. The molecule has 1 fully saturated rings. The van der Waals surface area contributed by atoms with Gasteiger partial charge in [-0.3, -0.25) is 0 Å². The largest absolute Gasteiger partial charge is 0.489 e. The summed E-state index contributed by atoms with van der Waals surface area (Å²) in [7, 11) is 0. The van der Waals surface area contributed by atoms with E-state index in [-0.39, 0.29) is 17.7 Å². The number of ether oxygens (including phenoxy) is 1. The Kier molecular flexibility index (Phi) is 6.31. The van der Waals surface area contributed by atoms with Gasteiger partial charge in [-0.05, 0) is 54.1 Å². The molecule has 4 rings (SSSR count). The van der Waals surface area contributed by atoms with E-state index < -0.39 is 0 Å². The molecule has 3 aromatic rings. The summed E-state index contributed by atoms with van der Waals surface area (Å²) in [6.45, 7) is 2.82. The van der Waals surface area contributed by atoms with Crippen molar-refractivity contribution in [3.8, 4) is 5.75 Å². The van der Waals surface area contributed by atoms with Crippen LogP contribution >= 0.6 is 0 Å². The summed E-state index contributed by atoms with van der Waals surface area (Å²) in [4.78, 5) is 16.5. The Labute approximate surface area is 179 Å². The summed E-state index contributed by atoms with van der Waals surface area (Å²) in [5.41, 5.74) is 2.45. The van der Waals surface area contributed by atoms with Crippen molar-refractivity contribution < 1.29 is 18.3 Å². The van der Waals surface area contributed by atoms with Crippen molar-refractivity contribution in [2.75, 3.05) is 36.4 Å². The van der Waals surface area contributed by atoms with Crippen molar-refractivity contribution in [2.24, 2.45) is 0 Å². The highest BCUT2D eigenvalue weighted by atomic mass is 19.1. The summed E-state index contributed by atoms with van der Waals surface area (Å²) >= 11 is 0. The van der Waals surface area contributed by atoms with Crippen LogP contribution in [0.3, 0.4) is 0 Å². The van der Waals surface area contributed by atoms with Crippen LogP contribution in [0.4, 0.5) is 25.0 Å². The van der Waals surface area contributed by atoms with Gasteiger partial charge in [0.15, 0.2) is 0 Å². The predicted molar refractivity (Wildman–Crippen MR) is 116 cm³/mol. The van der Waals surface area contributed by atoms with E-state index in [2.05, 4.69) is 10.2 Å². The zero-order valence-electron chi connectivity index (χ0n) is 16.9. The number of urea groups is 1.